The van der Waals surface area contributed by atoms with Gasteiger partial charge in [0.05, 0.1) is 19.8 Å². The van der Waals surface area contributed by atoms with Crippen molar-refractivity contribution in [2.24, 2.45) is 4.99 Å². The summed E-state index contributed by atoms with van der Waals surface area (Å²) >= 11 is 0. The number of ether oxygens (including phenoxy) is 1. The molecule has 82 valence electrons. The highest BCUT2D eigenvalue weighted by Gasteiger charge is 2.24. The van der Waals surface area contributed by atoms with Crippen molar-refractivity contribution < 1.29 is 14.3 Å². The van der Waals surface area contributed by atoms with Crippen LogP contribution in [-0.2, 0) is 14.3 Å². The van der Waals surface area contributed by atoms with Gasteiger partial charge in [0.25, 0.3) is 0 Å². The van der Waals surface area contributed by atoms with Crippen LogP contribution in [0.15, 0.2) is 17.6 Å². The van der Waals surface area contributed by atoms with E-state index in [0.29, 0.717) is 19.8 Å². The number of nitrogens with zero attached hydrogens (tertiary/aromatic N) is 1. The molecule has 1 aliphatic rings. The fourth-order valence-electron chi connectivity index (χ4n) is 0.930. The smallest absolute Gasteiger partial charge is 0.316 e. The highest BCUT2D eigenvalue weighted by atomic mass is 16.5. The lowest BCUT2D eigenvalue weighted by atomic mass is 10.5. The van der Waals surface area contributed by atoms with Crippen LogP contribution in [0.1, 0.15) is 6.42 Å². The van der Waals surface area contributed by atoms with Gasteiger partial charge in [0.2, 0.25) is 5.96 Å². The number of guanidine groups is 1. The van der Waals surface area contributed by atoms with Crippen molar-refractivity contribution in [3.8, 4) is 0 Å². The van der Waals surface area contributed by atoms with Crippen LogP contribution in [0.5, 0.6) is 0 Å². The Morgan fingerprint density at radius 3 is 2.53 bits per heavy atom. The van der Waals surface area contributed by atoms with E-state index in [9.17, 15) is 9.59 Å². The summed E-state index contributed by atoms with van der Waals surface area (Å²) in [7, 11) is 0. The molecule has 0 aliphatic carbocycles. The van der Waals surface area contributed by atoms with Crippen LogP contribution in [0.2, 0.25) is 0 Å². The molecule has 0 unspecified atom stereocenters. The quantitative estimate of drug-likeness (QED) is 0.342. The summed E-state index contributed by atoms with van der Waals surface area (Å²) in [5.41, 5.74) is 0. The Morgan fingerprint density at radius 1 is 1.27 bits per heavy atom. The number of rotatable bonds is 6. The summed E-state index contributed by atoms with van der Waals surface area (Å²) in [5.74, 6) is -1.17. The average molecular weight is 211 g/mol. The SMILES string of the molecule is C=CCCOCCN=C1NC(=O)C(=O)N1. The van der Waals surface area contributed by atoms with Crippen LogP contribution in [0, 0.1) is 0 Å². The number of aliphatic imine (C=N–C) groups is 1. The van der Waals surface area contributed by atoms with E-state index in [1.165, 1.54) is 0 Å². The Balaban J connectivity index is 2.14. The highest BCUT2D eigenvalue weighted by Crippen LogP contribution is 1.86. The van der Waals surface area contributed by atoms with Crippen molar-refractivity contribution >= 4 is 17.8 Å². The van der Waals surface area contributed by atoms with E-state index in [2.05, 4.69) is 22.2 Å². The van der Waals surface area contributed by atoms with Crippen molar-refractivity contribution in [3.05, 3.63) is 12.7 Å². The Hall–Kier alpha value is -1.69. The molecule has 0 spiro atoms. The fraction of sp³-hybridized carbons (Fsp3) is 0.444. The molecule has 0 saturated carbocycles. The van der Waals surface area contributed by atoms with Gasteiger partial charge in [-0.05, 0) is 6.42 Å². The standard InChI is InChI=1S/C9H13N3O3/c1-2-3-5-15-6-4-10-9-11-7(13)8(14)12-9/h2H,1,3-6H2,(H2,10,11,12,13,14). The first-order chi connectivity index (χ1) is 7.24. The number of nitrogens with one attached hydrogen (secondary N) is 2. The minimum Gasteiger partial charge on any atom is -0.379 e. The summed E-state index contributed by atoms with van der Waals surface area (Å²) in [4.78, 5) is 25.3. The molecule has 0 aromatic carbocycles. The summed E-state index contributed by atoms with van der Waals surface area (Å²) < 4.78 is 5.18. The molecule has 1 saturated heterocycles. The Morgan fingerprint density at radius 2 is 1.93 bits per heavy atom. The van der Waals surface area contributed by atoms with Crippen LogP contribution >= 0.6 is 0 Å². The molecule has 2 N–H and O–H groups in total. The van der Waals surface area contributed by atoms with Crippen molar-refractivity contribution in [1.82, 2.24) is 10.6 Å². The second-order valence-corrected chi connectivity index (χ2v) is 2.83. The average Bonchev–Trinajstić information content (AvgIpc) is 2.52. The van der Waals surface area contributed by atoms with E-state index in [1.807, 2.05) is 0 Å². The summed E-state index contributed by atoms with van der Waals surface area (Å²) in [5, 5.41) is 4.57. The van der Waals surface area contributed by atoms with Crippen LogP contribution < -0.4 is 10.6 Å². The Bertz CT molecular complexity index is 281. The van der Waals surface area contributed by atoms with Gasteiger partial charge < -0.3 is 4.74 Å². The van der Waals surface area contributed by atoms with Gasteiger partial charge in [-0.3, -0.25) is 25.2 Å². The van der Waals surface area contributed by atoms with E-state index in [-0.39, 0.29) is 5.96 Å². The van der Waals surface area contributed by atoms with Gasteiger partial charge in [-0.2, -0.15) is 0 Å². The maximum Gasteiger partial charge on any atom is 0.316 e. The topological polar surface area (TPSA) is 79.8 Å². The molecule has 0 atom stereocenters. The zero-order chi connectivity index (χ0) is 11.1. The van der Waals surface area contributed by atoms with Gasteiger partial charge in [0.1, 0.15) is 0 Å². The first-order valence-electron chi connectivity index (χ1n) is 4.59. The van der Waals surface area contributed by atoms with E-state index in [4.69, 9.17) is 4.74 Å². The highest BCUT2D eigenvalue weighted by molar-refractivity contribution is 6.45. The summed E-state index contributed by atoms with van der Waals surface area (Å²) in [6, 6.07) is 0. The van der Waals surface area contributed by atoms with Gasteiger partial charge in [0, 0.05) is 0 Å². The van der Waals surface area contributed by atoms with E-state index in [1.54, 1.807) is 6.08 Å². The molecule has 1 heterocycles. The third-order valence-corrected chi connectivity index (χ3v) is 1.64. The van der Waals surface area contributed by atoms with Crippen LogP contribution in [-0.4, -0.2) is 37.5 Å². The molecule has 0 radical (unpaired) electrons. The third-order valence-electron chi connectivity index (χ3n) is 1.64. The number of amides is 2. The lowest BCUT2D eigenvalue weighted by Gasteiger charge is -1.99. The maximum atomic E-state index is 10.7. The molecular weight excluding hydrogens is 198 g/mol. The molecule has 0 aromatic heterocycles. The van der Waals surface area contributed by atoms with Gasteiger partial charge in [0.15, 0.2) is 0 Å². The first-order valence-corrected chi connectivity index (χ1v) is 4.59. The van der Waals surface area contributed by atoms with Gasteiger partial charge >= 0.3 is 11.8 Å². The molecule has 6 nitrogen and oxygen atoms in total. The molecule has 1 rings (SSSR count). The Labute approximate surface area is 87.4 Å². The number of hydrogen-bond acceptors (Lipinski definition) is 4. The molecule has 0 bridgehead atoms. The zero-order valence-corrected chi connectivity index (χ0v) is 8.28. The van der Waals surface area contributed by atoms with Crippen molar-refractivity contribution in [2.45, 2.75) is 6.42 Å². The van der Waals surface area contributed by atoms with Gasteiger partial charge in [-0.15, -0.1) is 6.58 Å². The van der Waals surface area contributed by atoms with Crippen molar-refractivity contribution in [2.75, 3.05) is 19.8 Å². The predicted molar refractivity (Wildman–Crippen MR) is 54.2 cm³/mol. The number of carbonyl (C=O) groups excluding carboxylic acids is 2. The molecule has 1 aliphatic heterocycles. The largest absolute Gasteiger partial charge is 0.379 e. The second kappa shape index (κ2) is 5.92. The van der Waals surface area contributed by atoms with E-state index < -0.39 is 11.8 Å². The second-order valence-electron chi connectivity index (χ2n) is 2.83. The first kappa shape index (κ1) is 11.4. The zero-order valence-electron chi connectivity index (χ0n) is 8.28. The third kappa shape index (κ3) is 3.90. The van der Waals surface area contributed by atoms with Gasteiger partial charge in [-0.25, -0.2) is 0 Å². The molecular formula is C9H13N3O3. The number of carbonyl (C=O) groups is 2. The fourth-order valence-corrected chi connectivity index (χ4v) is 0.930. The van der Waals surface area contributed by atoms with E-state index >= 15 is 0 Å². The molecule has 15 heavy (non-hydrogen) atoms. The van der Waals surface area contributed by atoms with Crippen LogP contribution in [0.3, 0.4) is 0 Å². The molecule has 0 aromatic rings. The van der Waals surface area contributed by atoms with Crippen LogP contribution in [0.25, 0.3) is 0 Å². The predicted octanol–water partition coefficient (Wildman–Crippen LogP) is -0.819. The minimum atomic E-state index is -0.679. The van der Waals surface area contributed by atoms with Crippen LogP contribution in [0.4, 0.5) is 0 Å². The lowest BCUT2D eigenvalue weighted by molar-refractivity contribution is -0.135. The lowest BCUT2D eigenvalue weighted by Crippen LogP contribution is -2.26. The molecule has 6 heteroatoms. The monoisotopic (exact) mass is 211 g/mol. The Kier molecular flexibility index (Phi) is 4.49. The molecule has 2 amide bonds. The summed E-state index contributed by atoms with van der Waals surface area (Å²) in [6.07, 6.45) is 2.56. The molecule has 1 fully saturated rings. The maximum absolute atomic E-state index is 10.7. The minimum absolute atomic E-state index is 0.192. The van der Waals surface area contributed by atoms with Crippen molar-refractivity contribution in [3.63, 3.8) is 0 Å². The number of hydrogen-bond donors (Lipinski definition) is 2. The summed E-state index contributed by atoms with van der Waals surface area (Å²) in [6.45, 7) is 5.00. The van der Waals surface area contributed by atoms with E-state index in [0.717, 1.165) is 6.42 Å². The van der Waals surface area contributed by atoms with Gasteiger partial charge in [-0.1, -0.05) is 6.08 Å². The van der Waals surface area contributed by atoms with Crippen molar-refractivity contribution in [1.29, 1.82) is 0 Å². The normalized spacial score (nSPS) is 14.8.